The molecule has 0 saturated carbocycles. The van der Waals surface area contributed by atoms with E-state index in [0.717, 1.165) is 59.8 Å². The van der Waals surface area contributed by atoms with Crippen molar-refractivity contribution in [3.63, 3.8) is 0 Å². The van der Waals surface area contributed by atoms with Gasteiger partial charge in [0.05, 0.1) is 23.3 Å². The fourth-order valence-corrected chi connectivity index (χ4v) is 6.92. The van der Waals surface area contributed by atoms with Crippen molar-refractivity contribution in [3.05, 3.63) is 172 Å². The van der Waals surface area contributed by atoms with Crippen molar-refractivity contribution in [1.29, 1.82) is 0 Å². The van der Waals surface area contributed by atoms with E-state index in [0.29, 0.717) is 0 Å². The summed E-state index contributed by atoms with van der Waals surface area (Å²) in [5.74, 6) is 0. The lowest BCUT2D eigenvalue weighted by molar-refractivity contribution is 0.772. The highest BCUT2D eigenvalue weighted by molar-refractivity contribution is 9.10. The van der Waals surface area contributed by atoms with Crippen molar-refractivity contribution >= 4 is 37.7 Å². The second-order valence-electron chi connectivity index (χ2n) is 9.88. The molecule has 1 atom stereocenters. The van der Waals surface area contributed by atoms with Gasteiger partial charge in [-0.1, -0.05) is 131 Å². The predicted molar refractivity (Wildman–Crippen MR) is 166 cm³/mol. The summed E-state index contributed by atoms with van der Waals surface area (Å²) in [6, 6.07) is 37.3. The molecule has 7 aromatic rings. The second-order valence-corrected chi connectivity index (χ2v) is 10.8. The first-order valence-corrected chi connectivity index (χ1v) is 13.7. The Hall–Kier alpha value is -4.40. The number of aromatic nitrogens is 1. The zero-order chi connectivity index (χ0) is 30.3. The molecule has 0 aliphatic heterocycles. The Labute approximate surface area is 243 Å². The maximum Gasteiger partial charge on any atom is 0.0734 e. The van der Waals surface area contributed by atoms with Gasteiger partial charge in [-0.25, -0.2) is 0 Å². The summed E-state index contributed by atoms with van der Waals surface area (Å²) in [6.45, 7) is 0. The van der Waals surface area contributed by atoms with Crippen LogP contribution in [0.4, 0.5) is 0 Å². The van der Waals surface area contributed by atoms with Crippen LogP contribution in [-0.4, -0.2) is 4.57 Å². The molecule has 1 nitrogen and oxygen atoms in total. The van der Waals surface area contributed by atoms with Gasteiger partial charge in [-0.15, -0.1) is 0 Å². The highest BCUT2D eigenvalue weighted by atomic mass is 79.9. The molecule has 1 unspecified atom stereocenters. The molecule has 2 heteroatoms. The highest BCUT2D eigenvalue weighted by Crippen LogP contribution is 2.58. The topological polar surface area (TPSA) is 4.93 Å². The molecule has 0 bridgehead atoms. The van der Waals surface area contributed by atoms with Crippen molar-refractivity contribution in [3.8, 4) is 16.8 Å². The van der Waals surface area contributed by atoms with Crippen LogP contribution in [-0.2, 0) is 5.41 Å². The quantitative estimate of drug-likeness (QED) is 0.200. The maximum absolute atomic E-state index is 9.34. The molecule has 0 fully saturated rings. The Morgan fingerprint density at radius 2 is 1.28 bits per heavy atom. The van der Waals surface area contributed by atoms with E-state index in [9.17, 15) is 2.74 Å². The smallest absolute Gasteiger partial charge is 0.0734 e. The van der Waals surface area contributed by atoms with E-state index in [1.165, 1.54) is 0 Å². The second kappa shape index (κ2) is 8.56. The first kappa shape index (κ1) is 18.0. The highest BCUT2D eigenvalue weighted by Gasteiger charge is 2.47. The van der Waals surface area contributed by atoms with Gasteiger partial charge in [0.25, 0.3) is 0 Å². The lowest BCUT2D eigenvalue weighted by Crippen LogP contribution is -2.29. The summed E-state index contributed by atoms with van der Waals surface area (Å²) in [5.41, 5.74) is 6.48. The molecule has 0 spiro atoms. The van der Waals surface area contributed by atoms with E-state index in [1.807, 2.05) is 66.7 Å². The van der Waals surface area contributed by atoms with Crippen molar-refractivity contribution in [1.82, 2.24) is 4.57 Å². The number of benzene rings is 6. The van der Waals surface area contributed by atoms with Crippen LogP contribution >= 0.6 is 15.9 Å². The van der Waals surface area contributed by atoms with Gasteiger partial charge in [-0.2, -0.15) is 0 Å². The lowest BCUT2D eigenvalue weighted by Gasteiger charge is -2.35. The number of para-hydroxylation sites is 3. The number of rotatable bonds is 3. The average molecular weight is 568 g/mol. The van der Waals surface area contributed by atoms with E-state index in [4.69, 9.17) is 4.11 Å². The van der Waals surface area contributed by atoms with Gasteiger partial charge in [0.15, 0.2) is 0 Å². The Bertz CT molecular complexity index is 2280. The molecular formula is C37H24BrN. The molecule has 39 heavy (non-hydrogen) atoms. The van der Waals surface area contributed by atoms with Crippen LogP contribution in [0.3, 0.4) is 0 Å². The van der Waals surface area contributed by atoms with Gasteiger partial charge in [-0.3, -0.25) is 0 Å². The van der Waals surface area contributed by atoms with Crippen molar-refractivity contribution in [2.24, 2.45) is 0 Å². The molecule has 0 saturated heterocycles. The van der Waals surface area contributed by atoms with Crippen LogP contribution in [0, 0.1) is 0 Å². The lowest BCUT2D eigenvalue weighted by atomic mass is 9.67. The summed E-state index contributed by atoms with van der Waals surface area (Å²) in [4.78, 5) is 0. The maximum atomic E-state index is 9.34. The Balaban J connectivity index is 1.68. The predicted octanol–water partition coefficient (Wildman–Crippen LogP) is 9.91. The Morgan fingerprint density at radius 1 is 0.590 bits per heavy atom. The molecule has 0 radical (unpaired) electrons. The Kier molecular flexibility index (Phi) is 3.95. The van der Waals surface area contributed by atoms with Crippen molar-refractivity contribution < 1.29 is 6.85 Å². The van der Waals surface area contributed by atoms with Crippen LogP contribution in [0.25, 0.3) is 38.6 Å². The molecule has 0 N–H and O–H groups in total. The third-order valence-electron chi connectivity index (χ3n) is 8.00. The zero-order valence-corrected chi connectivity index (χ0v) is 22.4. The van der Waals surface area contributed by atoms with E-state index < -0.39 is 11.5 Å². The molecule has 0 amide bonds. The summed E-state index contributed by atoms with van der Waals surface area (Å²) < 4.78 is 47.8. The average Bonchev–Trinajstić information content (AvgIpc) is 3.54. The number of hydrogen-bond donors (Lipinski definition) is 0. The first-order valence-electron chi connectivity index (χ1n) is 15.4. The number of halogens is 1. The molecule has 1 heterocycles. The molecule has 184 valence electrons. The van der Waals surface area contributed by atoms with Crippen LogP contribution in [0.15, 0.2) is 150 Å². The summed E-state index contributed by atoms with van der Waals surface area (Å²) in [5, 5.41) is 2.10. The minimum atomic E-state index is -1.22. The van der Waals surface area contributed by atoms with E-state index in [-0.39, 0.29) is 29.7 Å². The van der Waals surface area contributed by atoms with E-state index in [1.54, 1.807) is 0 Å². The molecular weight excluding hydrogens is 538 g/mol. The molecule has 1 aliphatic rings. The molecule has 6 aromatic carbocycles. The fraction of sp³-hybridized carbons (Fsp3) is 0.0270. The van der Waals surface area contributed by atoms with Crippen LogP contribution < -0.4 is 0 Å². The Morgan fingerprint density at radius 3 is 2.15 bits per heavy atom. The van der Waals surface area contributed by atoms with Crippen LogP contribution in [0.5, 0.6) is 0 Å². The number of fused-ring (bicyclic) bond motifs is 6. The third-order valence-corrected chi connectivity index (χ3v) is 8.49. The first-order chi connectivity index (χ1) is 21.4. The van der Waals surface area contributed by atoms with Gasteiger partial charge >= 0.3 is 0 Å². The van der Waals surface area contributed by atoms with Gasteiger partial charge in [0, 0.05) is 20.9 Å². The summed E-state index contributed by atoms with van der Waals surface area (Å²) in [6.07, 6.45) is 0. The number of hydrogen-bond acceptors (Lipinski definition) is 0. The van der Waals surface area contributed by atoms with Crippen LogP contribution in [0.1, 0.15) is 29.1 Å². The fourth-order valence-electron chi connectivity index (χ4n) is 6.55. The SMILES string of the molecule is [2H]c1c([2H])c([2H])c(C2(c3cccc4c5ccccc5n(-c5ccccc5)c34)c3ccccc3-c3cc(Br)ccc32)c([2H])c1[2H]. The normalized spacial score (nSPS) is 17.7. The van der Waals surface area contributed by atoms with E-state index >= 15 is 0 Å². The molecule has 1 aromatic heterocycles. The van der Waals surface area contributed by atoms with E-state index in [2.05, 4.69) is 69.0 Å². The summed E-state index contributed by atoms with van der Waals surface area (Å²) >= 11 is 3.67. The monoisotopic (exact) mass is 566 g/mol. The van der Waals surface area contributed by atoms with Gasteiger partial charge in [-0.05, 0) is 63.7 Å². The number of nitrogens with zero attached hydrogens (tertiary/aromatic N) is 1. The van der Waals surface area contributed by atoms with Gasteiger partial charge in [0.1, 0.15) is 0 Å². The largest absolute Gasteiger partial charge is 0.309 e. The van der Waals surface area contributed by atoms with Crippen molar-refractivity contribution in [2.45, 2.75) is 5.41 Å². The summed E-state index contributed by atoms with van der Waals surface area (Å²) in [7, 11) is 0. The zero-order valence-electron chi connectivity index (χ0n) is 25.8. The third kappa shape index (κ3) is 3.07. The van der Waals surface area contributed by atoms with Gasteiger partial charge < -0.3 is 4.57 Å². The standard InChI is InChI=1S/C37H24BrN/c38-26-22-23-33-31(24-26)28-16-7-9-19-32(28)37(33,25-12-3-1-4-13-25)34-20-11-18-30-29-17-8-10-21-35(29)39(36(30)34)27-14-5-2-6-15-27/h1-24H/i1D,3D,4D,12D,13D. The minimum absolute atomic E-state index is 0.207. The van der Waals surface area contributed by atoms with Crippen LogP contribution in [0.2, 0.25) is 0 Å². The van der Waals surface area contributed by atoms with Gasteiger partial charge in [0.2, 0.25) is 0 Å². The molecule has 8 rings (SSSR count). The minimum Gasteiger partial charge on any atom is -0.309 e. The molecule has 1 aliphatic carbocycles. The van der Waals surface area contributed by atoms with Crippen molar-refractivity contribution in [2.75, 3.05) is 0 Å².